The van der Waals surface area contributed by atoms with Gasteiger partial charge in [0.2, 0.25) is 0 Å². The Morgan fingerprint density at radius 1 is 1.24 bits per heavy atom. The highest BCUT2D eigenvalue weighted by atomic mass is 16.4. The van der Waals surface area contributed by atoms with Gasteiger partial charge < -0.3 is 20.4 Å². The molecule has 7 nitrogen and oxygen atoms in total. The van der Waals surface area contributed by atoms with E-state index in [4.69, 9.17) is 0 Å². The van der Waals surface area contributed by atoms with E-state index in [1.165, 1.54) is 13.8 Å². The third kappa shape index (κ3) is 3.37. The van der Waals surface area contributed by atoms with Crippen LogP contribution in [0.1, 0.15) is 79.6 Å². The van der Waals surface area contributed by atoms with Crippen LogP contribution in [-0.4, -0.2) is 55.8 Å². The first-order chi connectivity index (χ1) is 15.6. The van der Waals surface area contributed by atoms with E-state index in [9.17, 15) is 34.8 Å². The number of fused-ring (bicyclic) bond motifs is 5. The molecule has 2 unspecified atom stereocenters. The van der Waals surface area contributed by atoms with Gasteiger partial charge in [0.1, 0.15) is 11.7 Å². The quantitative estimate of drug-likeness (QED) is 0.480. The van der Waals surface area contributed by atoms with Gasteiger partial charge in [-0.05, 0) is 87.5 Å². The van der Waals surface area contributed by atoms with Crippen LogP contribution in [0.25, 0.3) is 0 Å². The van der Waals surface area contributed by atoms with Gasteiger partial charge in [-0.25, -0.2) is 0 Å². The van der Waals surface area contributed by atoms with Crippen LogP contribution < -0.4 is 0 Å². The Morgan fingerprint density at radius 3 is 2.50 bits per heavy atom. The zero-order valence-corrected chi connectivity index (χ0v) is 21.0. The first-order valence-corrected chi connectivity index (χ1v) is 12.7. The number of Topliss-reactive ketones (excluding diaryl/α,β-unsaturated/α-hetero) is 1. The predicted octanol–water partition coefficient (Wildman–Crippen LogP) is 2.90. The normalized spacial score (nSPS) is 45.0. The lowest BCUT2D eigenvalue weighted by atomic mass is 9.45. The fraction of sp³-hybridized carbons (Fsp3) is 0.815. The van der Waals surface area contributed by atoms with Crippen LogP contribution in [0, 0.1) is 39.9 Å². The largest absolute Gasteiger partial charge is 0.481 e. The molecule has 7 heteroatoms. The van der Waals surface area contributed by atoms with E-state index in [2.05, 4.69) is 6.92 Å². The van der Waals surface area contributed by atoms with Gasteiger partial charge in [-0.3, -0.25) is 14.4 Å². The molecule has 0 bridgehead atoms. The number of ketones is 2. The molecule has 0 radical (unpaired) electrons. The molecule has 0 aliphatic heterocycles. The van der Waals surface area contributed by atoms with E-state index in [-0.39, 0.29) is 41.8 Å². The van der Waals surface area contributed by atoms with Crippen molar-refractivity contribution >= 4 is 17.5 Å². The van der Waals surface area contributed by atoms with Crippen LogP contribution in [-0.2, 0) is 14.4 Å². The third-order valence-electron chi connectivity index (χ3n) is 10.4. The van der Waals surface area contributed by atoms with E-state index in [1.807, 2.05) is 13.8 Å². The topological polar surface area (TPSA) is 132 Å². The number of hydrogen-bond acceptors (Lipinski definition) is 6. The SMILES string of the molecule is CC1C[C@H]2[C@@H]3CCC4=CC(=O)CC[C@]4(C)[C@H]3[C@@H](O)C[C@]2(C)[C@@]1(O)C(=O)C(O)CC(C)(C)C(=O)O. The Balaban J connectivity index is 1.68. The summed E-state index contributed by atoms with van der Waals surface area (Å²) in [7, 11) is 0. The molecule has 0 aromatic rings. The highest BCUT2D eigenvalue weighted by molar-refractivity contribution is 5.93. The first kappa shape index (κ1) is 25.5. The van der Waals surface area contributed by atoms with Crippen LogP contribution in [0.15, 0.2) is 11.6 Å². The molecule has 4 rings (SSSR count). The van der Waals surface area contributed by atoms with Crippen LogP contribution in [0.5, 0.6) is 0 Å². The van der Waals surface area contributed by atoms with Gasteiger partial charge >= 0.3 is 5.97 Å². The molecule has 34 heavy (non-hydrogen) atoms. The second kappa shape index (κ2) is 7.97. The summed E-state index contributed by atoms with van der Waals surface area (Å²) in [5.74, 6) is -2.08. The summed E-state index contributed by atoms with van der Waals surface area (Å²) in [6.07, 6.45) is 2.73. The number of aliphatic hydroxyl groups excluding tert-OH is 2. The zero-order valence-electron chi connectivity index (χ0n) is 21.0. The Bertz CT molecular complexity index is 937. The Labute approximate surface area is 201 Å². The number of allylic oxidation sites excluding steroid dienone is 1. The third-order valence-corrected chi connectivity index (χ3v) is 10.4. The second-order valence-electron chi connectivity index (χ2n) is 12.8. The molecule has 0 heterocycles. The predicted molar refractivity (Wildman–Crippen MR) is 125 cm³/mol. The molecule has 3 fully saturated rings. The van der Waals surface area contributed by atoms with Crippen LogP contribution in [0.4, 0.5) is 0 Å². The van der Waals surface area contributed by atoms with Crippen molar-refractivity contribution in [1.29, 1.82) is 0 Å². The second-order valence-corrected chi connectivity index (χ2v) is 12.8. The molecule has 0 spiro atoms. The van der Waals surface area contributed by atoms with E-state index in [1.54, 1.807) is 6.08 Å². The van der Waals surface area contributed by atoms with Gasteiger partial charge in [-0.1, -0.05) is 26.3 Å². The minimum Gasteiger partial charge on any atom is -0.481 e. The lowest BCUT2D eigenvalue weighted by molar-refractivity contribution is -0.191. The van der Waals surface area contributed by atoms with E-state index in [0.717, 1.165) is 18.4 Å². The van der Waals surface area contributed by atoms with Crippen molar-refractivity contribution in [2.45, 2.75) is 97.4 Å². The van der Waals surface area contributed by atoms with Crippen LogP contribution >= 0.6 is 0 Å². The molecule has 0 amide bonds. The van der Waals surface area contributed by atoms with Gasteiger partial charge in [0.15, 0.2) is 11.6 Å². The average molecular weight is 477 g/mol. The van der Waals surface area contributed by atoms with Gasteiger partial charge in [0.25, 0.3) is 0 Å². The molecule has 9 atom stereocenters. The minimum absolute atomic E-state index is 0.0134. The smallest absolute Gasteiger partial charge is 0.309 e. The number of carbonyl (C=O) groups excluding carboxylic acids is 2. The molecule has 4 aliphatic rings. The van der Waals surface area contributed by atoms with Crippen molar-refractivity contribution in [3.63, 3.8) is 0 Å². The fourth-order valence-electron chi connectivity index (χ4n) is 8.46. The van der Waals surface area contributed by atoms with Crippen molar-refractivity contribution in [2.75, 3.05) is 0 Å². The Hall–Kier alpha value is -1.57. The first-order valence-electron chi connectivity index (χ1n) is 12.7. The monoisotopic (exact) mass is 476 g/mol. The number of carboxylic acid groups (broad SMARTS) is 1. The lowest BCUT2D eigenvalue weighted by Gasteiger charge is -2.60. The molecule has 3 saturated carbocycles. The standard InChI is InChI=1S/C27H40O7/c1-14-10-18-17-7-6-15-11-16(28)8-9-25(15,4)21(17)19(29)13-26(18,5)27(14,34)22(31)20(30)12-24(2,3)23(32)33/h11,14,17-21,29-30,34H,6-10,12-13H2,1-5H3,(H,32,33)/t14?,17-,18-,19-,20?,21+,25-,26-,27-/m0/s1. The summed E-state index contributed by atoms with van der Waals surface area (Å²) >= 11 is 0. The van der Waals surface area contributed by atoms with E-state index in [0.29, 0.717) is 19.3 Å². The Kier molecular flexibility index (Phi) is 5.98. The van der Waals surface area contributed by atoms with Crippen molar-refractivity contribution in [1.82, 2.24) is 0 Å². The molecule has 4 aliphatic carbocycles. The molecule has 0 aromatic heterocycles. The molecule has 0 saturated heterocycles. The number of carboxylic acids is 1. The van der Waals surface area contributed by atoms with Crippen LogP contribution in [0.3, 0.4) is 0 Å². The number of aliphatic carboxylic acids is 1. The lowest BCUT2D eigenvalue weighted by Crippen LogP contribution is -2.64. The highest BCUT2D eigenvalue weighted by Gasteiger charge is 2.71. The van der Waals surface area contributed by atoms with Gasteiger partial charge in [0, 0.05) is 11.8 Å². The fourth-order valence-corrected chi connectivity index (χ4v) is 8.46. The van der Waals surface area contributed by atoms with Gasteiger partial charge in [0.05, 0.1) is 11.5 Å². The number of aliphatic hydroxyl groups is 3. The summed E-state index contributed by atoms with van der Waals surface area (Å²) in [6, 6.07) is 0. The summed E-state index contributed by atoms with van der Waals surface area (Å²) in [6.45, 7) is 8.76. The minimum atomic E-state index is -1.85. The molecule has 0 aromatic carbocycles. The van der Waals surface area contributed by atoms with E-state index < -0.39 is 46.3 Å². The van der Waals surface area contributed by atoms with Crippen molar-refractivity contribution in [3.05, 3.63) is 11.6 Å². The van der Waals surface area contributed by atoms with Crippen molar-refractivity contribution in [2.24, 2.45) is 39.9 Å². The van der Waals surface area contributed by atoms with E-state index >= 15 is 0 Å². The molecular weight excluding hydrogens is 436 g/mol. The average Bonchev–Trinajstić information content (AvgIpc) is 2.94. The molecule has 190 valence electrons. The maximum atomic E-state index is 13.6. The van der Waals surface area contributed by atoms with Crippen molar-refractivity contribution < 1.29 is 34.8 Å². The summed E-state index contributed by atoms with van der Waals surface area (Å²) in [4.78, 5) is 37.2. The zero-order chi connectivity index (χ0) is 25.4. The van der Waals surface area contributed by atoms with Gasteiger partial charge in [-0.15, -0.1) is 0 Å². The van der Waals surface area contributed by atoms with Crippen molar-refractivity contribution in [3.8, 4) is 0 Å². The maximum absolute atomic E-state index is 13.6. The summed E-state index contributed by atoms with van der Waals surface area (Å²) < 4.78 is 0. The number of hydrogen-bond donors (Lipinski definition) is 4. The number of carbonyl (C=O) groups is 3. The molecule has 4 N–H and O–H groups in total. The summed E-state index contributed by atoms with van der Waals surface area (Å²) in [5, 5.41) is 43.8. The summed E-state index contributed by atoms with van der Waals surface area (Å²) in [5.41, 5.74) is -3.24. The van der Waals surface area contributed by atoms with Gasteiger partial charge in [-0.2, -0.15) is 0 Å². The molecular formula is C27H40O7. The number of rotatable bonds is 5. The highest BCUT2D eigenvalue weighted by Crippen LogP contribution is 2.69. The maximum Gasteiger partial charge on any atom is 0.309 e. The Morgan fingerprint density at radius 2 is 1.88 bits per heavy atom. The van der Waals surface area contributed by atoms with Crippen LogP contribution in [0.2, 0.25) is 0 Å².